The first-order chi connectivity index (χ1) is 5.33. The third-order valence-corrected chi connectivity index (χ3v) is 3.60. The molecule has 0 amide bonds. The first kappa shape index (κ1) is 9.36. The van der Waals surface area contributed by atoms with Gasteiger partial charge in [0, 0.05) is 17.8 Å². The van der Waals surface area contributed by atoms with E-state index in [0.717, 1.165) is 13.1 Å². The van der Waals surface area contributed by atoms with Crippen LogP contribution < -0.4 is 11.1 Å². The van der Waals surface area contributed by atoms with Gasteiger partial charge in [0.15, 0.2) is 0 Å². The highest BCUT2D eigenvalue weighted by Gasteiger charge is 2.29. The lowest BCUT2D eigenvalue weighted by molar-refractivity contribution is 0.345. The molecule has 0 bridgehead atoms. The number of hydrogen-bond donors (Lipinski definition) is 2. The molecule has 1 rings (SSSR count). The summed E-state index contributed by atoms with van der Waals surface area (Å²) in [6.07, 6.45) is 2.57. The topological polar surface area (TPSA) is 38.0 Å². The fourth-order valence-corrected chi connectivity index (χ4v) is 2.85. The molecule has 1 saturated heterocycles. The molecule has 2 nitrogen and oxygen atoms in total. The first-order valence-corrected chi connectivity index (χ1v) is 5.51. The maximum Gasteiger partial charge on any atom is 0.0395 e. The van der Waals surface area contributed by atoms with Gasteiger partial charge >= 0.3 is 0 Å². The van der Waals surface area contributed by atoms with Crippen molar-refractivity contribution >= 4 is 11.8 Å². The standard InChI is InChI=1S/C8H18N2S/c1-2-10-8(6-9)4-3-5-11-7-8/h10H,2-7,9H2,1H3. The van der Waals surface area contributed by atoms with Crippen LogP contribution in [0.4, 0.5) is 0 Å². The summed E-state index contributed by atoms with van der Waals surface area (Å²) in [5, 5.41) is 3.50. The number of nitrogens with two attached hydrogens (primary N) is 1. The van der Waals surface area contributed by atoms with Crippen LogP contribution in [-0.2, 0) is 0 Å². The molecule has 0 aromatic carbocycles. The van der Waals surface area contributed by atoms with E-state index >= 15 is 0 Å². The fraction of sp³-hybridized carbons (Fsp3) is 1.00. The Morgan fingerprint density at radius 3 is 2.91 bits per heavy atom. The summed E-state index contributed by atoms with van der Waals surface area (Å²) in [7, 11) is 0. The van der Waals surface area contributed by atoms with Crippen molar-refractivity contribution in [2.24, 2.45) is 5.73 Å². The van der Waals surface area contributed by atoms with Gasteiger partial charge in [-0.15, -0.1) is 0 Å². The molecule has 0 radical (unpaired) electrons. The Morgan fingerprint density at radius 1 is 1.64 bits per heavy atom. The molecule has 0 aromatic rings. The molecule has 66 valence electrons. The van der Waals surface area contributed by atoms with Crippen molar-refractivity contribution in [3.05, 3.63) is 0 Å². The van der Waals surface area contributed by atoms with Crippen LogP contribution in [0, 0.1) is 0 Å². The van der Waals surface area contributed by atoms with Gasteiger partial charge in [0.05, 0.1) is 0 Å². The minimum atomic E-state index is 0.262. The van der Waals surface area contributed by atoms with E-state index in [1.807, 2.05) is 11.8 Å². The number of thioether (sulfide) groups is 1. The van der Waals surface area contributed by atoms with E-state index in [4.69, 9.17) is 5.73 Å². The van der Waals surface area contributed by atoms with E-state index in [9.17, 15) is 0 Å². The summed E-state index contributed by atoms with van der Waals surface area (Å²) in [5.41, 5.74) is 6.01. The molecule has 3 N–H and O–H groups in total. The Labute approximate surface area is 73.3 Å². The summed E-state index contributed by atoms with van der Waals surface area (Å²) in [4.78, 5) is 0. The normalized spacial score (nSPS) is 32.2. The van der Waals surface area contributed by atoms with Gasteiger partial charge in [-0.25, -0.2) is 0 Å². The summed E-state index contributed by atoms with van der Waals surface area (Å²) >= 11 is 2.02. The maximum absolute atomic E-state index is 5.75. The molecule has 1 fully saturated rings. The maximum atomic E-state index is 5.75. The van der Waals surface area contributed by atoms with Crippen LogP contribution in [0.15, 0.2) is 0 Å². The molecule has 1 aliphatic heterocycles. The van der Waals surface area contributed by atoms with Gasteiger partial charge in [0.1, 0.15) is 0 Å². The summed E-state index contributed by atoms with van der Waals surface area (Å²) in [6, 6.07) is 0. The Balaban J connectivity index is 2.42. The van der Waals surface area contributed by atoms with Crippen molar-refractivity contribution in [1.29, 1.82) is 0 Å². The van der Waals surface area contributed by atoms with Crippen LogP contribution in [0.1, 0.15) is 19.8 Å². The predicted octanol–water partition coefficient (Wildman–Crippen LogP) is 0.820. The molecule has 1 unspecified atom stereocenters. The van der Waals surface area contributed by atoms with E-state index in [2.05, 4.69) is 12.2 Å². The van der Waals surface area contributed by atoms with E-state index in [-0.39, 0.29) is 5.54 Å². The van der Waals surface area contributed by atoms with Crippen molar-refractivity contribution in [1.82, 2.24) is 5.32 Å². The van der Waals surface area contributed by atoms with Crippen LogP contribution in [0.25, 0.3) is 0 Å². The molecule has 1 heterocycles. The molecule has 0 aliphatic carbocycles. The van der Waals surface area contributed by atoms with Crippen LogP contribution >= 0.6 is 11.8 Å². The van der Waals surface area contributed by atoms with Gasteiger partial charge in [0.25, 0.3) is 0 Å². The van der Waals surface area contributed by atoms with Crippen molar-refractivity contribution in [2.75, 3.05) is 24.6 Å². The molecular weight excluding hydrogens is 156 g/mol. The number of nitrogens with one attached hydrogen (secondary N) is 1. The van der Waals surface area contributed by atoms with Gasteiger partial charge in [-0.1, -0.05) is 6.92 Å². The van der Waals surface area contributed by atoms with E-state index in [1.165, 1.54) is 24.3 Å². The van der Waals surface area contributed by atoms with Crippen LogP contribution in [0.5, 0.6) is 0 Å². The Kier molecular flexibility index (Phi) is 3.69. The molecule has 1 aliphatic rings. The molecular formula is C8H18N2S. The predicted molar refractivity (Wildman–Crippen MR) is 52.0 cm³/mol. The zero-order valence-electron chi connectivity index (χ0n) is 7.23. The van der Waals surface area contributed by atoms with Gasteiger partial charge in [-0.2, -0.15) is 11.8 Å². The first-order valence-electron chi connectivity index (χ1n) is 4.36. The summed E-state index contributed by atoms with van der Waals surface area (Å²) < 4.78 is 0. The molecule has 11 heavy (non-hydrogen) atoms. The minimum absolute atomic E-state index is 0.262. The van der Waals surface area contributed by atoms with Gasteiger partial charge < -0.3 is 11.1 Å². The molecule has 0 saturated carbocycles. The van der Waals surface area contributed by atoms with Crippen LogP contribution in [0.2, 0.25) is 0 Å². The Morgan fingerprint density at radius 2 is 2.45 bits per heavy atom. The van der Waals surface area contributed by atoms with Crippen molar-refractivity contribution < 1.29 is 0 Å². The third kappa shape index (κ3) is 2.36. The SMILES string of the molecule is CCNC1(CN)CCCSC1. The van der Waals surface area contributed by atoms with Crippen LogP contribution in [0.3, 0.4) is 0 Å². The van der Waals surface area contributed by atoms with E-state index in [0.29, 0.717) is 0 Å². The molecule has 3 heteroatoms. The van der Waals surface area contributed by atoms with Gasteiger partial charge in [-0.05, 0) is 25.1 Å². The summed E-state index contributed by atoms with van der Waals surface area (Å²) in [5.74, 6) is 2.50. The quantitative estimate of drug-likeness (QED) is 0.665. The second-order valence-corrected chi connectivity index (χ2v) is 4.28. The van der Waals surface area contributed by atoms with Crippen molar-refractivity contribution in [3.8, 4) is 0 Å². The second-order valence-electron chi connectivity index (χ2n) is 3.17. The van der Waals surface area contributed by atoms with E-state index in [1.54, 1.807) is 0 Å². The molecule has 0 aromatic heterocycles. The highest BCUT2D eigenvalue weighted by Crippen LogP contribution is 2.25. The Bertz CT molecular complexity index is 105. The van der Waals surface area contributed by atoms with Gasteiger partial charge in [-0.3, -0.25) is 0 Å². The van der Waals surface area contributed by atoms with Crippen molar-refractivity contribution in [2.45, 2.75) is 25.3 Å². The lowest BCUT2D eigenvalue weighted by atomic mass is 9.95. The molecule has 0 spiro atoms. The lowest BCUT2D eigenvalue weighted by Crippen LogP contribution is -2.54. The van der Waals surface area contributed by atoms with Gasteiger partial charge in [0.2, 0.25) is 0 Å². The average Bonchev–Trinajstić information content (AvgIpc) is 2.07. The minimum Gasteiger partial charge on any atom is -0.329 e. The number of rotatable bonds is 3. The zero-order chi connectivity index (χ0) is 8.16. The monoisotopic (exact) mass is 174 g/mol. The number of hydrogen-bond acceptors (Lipinski definition) is 3. The van der Waals surface area contributed by atoms with E-state index < -0.39 is 0 Å². The van der Waals surface area contributed by atoms with Crippen molar-refractivity contribution in [3.63, 3.8) is 0 Å². The largest absolute Gasteiger partial charge is 0.329 e. The highest BCUT2D eigenvalue weighted by atomic mass is 32.2. The second kappa shape index (κ2) is 4.33. The third-order valence-electron chi connectivity index (χ3n) is 2.26. The smallest absolute Gasteiger partial charge is 0.0395 e. The number of likely N-dealkylation sites (N-methyl/N-ethyl adjacent to an activating group) is 1. The Hall–Kier alpha value is 0.270. The fourth-order valence-electron chi connectivity index (χ4n) is 1.60. The molecule has 1 atom stereocenters. The highest BCUT2D eigenvalue weighted by molar-refractivity contribution is 7.99. The van der Waals surface area contributed by atoms with Crippen LogP contribution in [-0.4, -0.2) is 30.1 Å². The summed E-state index contributed by atoms with van der Waals surface area (Å²) in [6.45, 7) is 3.97. The average molecular weight is 174 g/mol. The zero-order valence-corrected chi connectivity index (χ0v) is 8.04. The lowest BCUT2D eigenvalue weighted by Gasteiger charge is -2.36.